The molecule has 2 heterocycles. The van der Waals surface area contributed by atoms with Gasteiger partial charge in [0.2, 0.25) is 0 Å². The summed E-state index contributed by atoms with van der Waals surface area (Å²) in [5.41, 5.74) is 1.35. The molecule has 0 radical (unpaired) electrons. The SMILES string of the molecule is COc1cc2c(cc1OC)Nc1nc(C#N)c(C#N)nc1N2. The molecule has 0 atom stereocenters. The molecule has 108 valence electrons. The molecule has 0 amide bonds. The Kier molecular flexibility index (Phi) is 3.13. The summed E-state index contributed by atoms with van der Waals surface area (Å²) in [6.45, 7) is 0. The van der Waals surface area contributed by atoms with E-state index in [-0.39, 0.29) is 11.4 Å². The number of fused-ring (bicyclic) bond motifs is 2. The third-order valence-electron chi connectivity index (χ3n) is 3.14. The lowest BCUT2D eigenvalue weighted by molar-refractivity contribution is 0.355. The second kappa shape index (κ2) is 5.11. The van der Waals surface area contributed by atoms with Crippen LogP contribution in [0.2, 0.25) is 0 Å². The zero-order valence-electron chi connectivity index (χ0n) is 11.8. The summed E-state index contributed by atoms with van der Waals surface area (Å²) in [4.78, 5) is 8.22. The van der Waals surface area contributed by atoms with E-state index in [1.807, 2.05) is 12.1 Å². The van der Waals surface area contributed by atoms with Crippen LogP contribution in [0.5, 0.6) is 11.5 Å². The molecule has 0 spiro atoms. The first-order valence-corrected chi connectivity index (χ1v) is 6.22. The Morgan fingerprint density at radius 1 is 0.864 bits per heavy atom. The zero-order chi connectivity index (χ0) is 15.7. The molecule has 8 heteroatoms. The molecule has 1 aliphatic rings. The fraction of sp³-hybridized carbons (Fsp3) is 0.143. The molecule has 0 bridgehead atoms. The van der Waals surface area contributed by atoms with Gasteiger partial charge in [0.25, 0.3) is 0 Å². The minimum Gasteiger partial charge on any atom is -0.493 e. The van der Waals surface area contributed by atoms with Crippen LogP contribution in [-0.4, -0.2) is 24.2 Å². The fourth-order valence-corrected chi connectivity index (χ4v) is 2.11. The lowest BCUT2D eigenvalue weighted by Gasteiger charge is -2.23. The molecule has 1 aromatic carbocycles. The summed E-state index contributed by atoms with van der Waals surface area (Å²) >= 11 is 0. The van der Waals surface area contributed by atoms with E-state index in [0.29, 0.717) is 34.5 Å². The van der Waals surface area contributed by atoms with Crippen molar-refractivity contribution in [2.24, 2.45) is 0 Å². The van der Waals surface area contributed by atoms with Crippen molar-refractivity contribution in [2.45, 2.75) is 0 Å². The normalized spacial score (nSPS) is 10.9. The Labute approximate surface area is 125 Å². The van der Waals surface area contributed by atoms with Gasteiger partial charge in [-0.05, 0) is 0 Å². The van der Waals surface area contributed by atoms with Crippen LogP contribution >= 0.6 is 0 Å². The number of rotatable bonds is 2. The Bertz CT molecular complexity index is 780. The molecule has 8 nitrogen and oxygen atoms in total. The van der Waals surface area contributed by atoms with Crippen molar-refractivity contribution in [2.75, 3.05) is 24.9 Å². The van der Waals surface area contributed by atoms with Crippen LogP contribution in [0, 0.1) is 22.7 Å². The molecule has 0 fully saturated rings. The van der Waals surface area contributed by atoms with Gasteiger partial charge in [0.1, 0.15) is 12.1 Å². The van der Waals surface area contributed by atoms with Gasteiger partial charge in [-0.3, -0.25) is 0 Å². The molecule has 3 rings (SSSR count). The maximum absolute atomic E-state index is 9.01. The number of ether oxygens (including phenoxy) is 2. The van der Waals surface area contributed by atoms with E-state index in [9.17, 15) is 0 Å². The third-order valence-corrected chi connectivity index (χ3v) is 3.14. The van der Waals surface area contributed by atoms with Gasteiger partial charge in [-0.25, -0.2) is 9.97 Å². The molecule has 0 saturated heterocycles. The van der Waals surface area contributed by atoms with Crippen molar-refractivity contribution >= 4 is 23.0 Å². The van der Waals surface area contributed by atoms with Crippen LogP contribution in [0.3, 0.4) is 0 Å². The highest BCUT2D eigenvalue weighted by atomic mass is 16.5. The molecule has 0 unspecified atom stereocenters. The number of methoxy groups -OCH3 is 2. The van der Waals surface area contributed by atoms with E-state index in [1.54, 1.807) is 26.4 Å². The van der Waals surface area contributed by atoms with Crippen molar-refractivity contribution in [1.82, 2.24) is 9.97 Å². The fourth-order valence-electron chi connectivity index (χ4n) is 2.11. The van der Waals surface area contributed by atoms with Crippen molar-refractivity contribution in [1.29, 1.82) is 10.5 Å². The summed E-state index contributed by atoms with van der Waals surface area (Å²) < 4.78 is 10.5. The van der Waals surface area contributed by atoms with Crippen LogP contribution in [0.15, 0.2) is 12.1 Å². The summed E-state index contributed by atoms with van der Waals surface area (Å²) in [5, 5.41) is 24.1. The maximum atomic E-state index is 9.01. The lowest BCUT2D eigenvalue weighted by atomic mass is 10.2. The second-order valence-electron chi connectivity index (χ2n) is 4.34. The average Bonchev–Trinajstić information content (AvgIpc) is 2.57. The third kappa shape index (κ3) is 2.00. The Balaban J connectivity index is 2.10. The summed E-state index contributed by atoms with van der Waals surface area (Å²) in [6, 6.07) is 7.20. The number of hydrogen-bond donors (Lipinski definition) is 2. The topological polar surface area (TPSA) is 116 Å². The quantitative estimate of drug-likeness (QED) is 0.737. The smallest absolute Gasteiger partial charge is 0.179 e. The predicted molar refractivity (Wildman–Crippen MR) is 77.6 cm³/mol. The van der Waals surface area contributed by atoms with E-state index >= 15 is 0 Å². The second-order valence-corrected chi connectivity index (χ2v) is 4.34. The molecule has 0 saturated carbocycles. The monoisotopic (exact) mass is 294 g/mol. The highest BCUT2D eigenvalue weighted by molar-refractivity contribution is 5.89. The highest BCUT2D eigenvalue weighted by Crippen LogP contribution is 2.42. The van der Waals surface area contributed by atoms with Crippen molar-refractivity contribution in [3.8, 4) is 23.6 Å². The number of nitriles is 2. The van der Waals surface area contributed by atoms with Crippen molar-refractivity contribution in [3.05, 3.63) is 23.5 Å². The summed E-state index contributed by atoms with van der Waals surface area (Å²) in [6.07, 6.45) is 0. The molecule has 0 aliphatic carbocycles. The van der Waals surface area contributed by atoms with Gasteiger partial charge in [0, 0.05) is 12.1 Å². The molecular weight excluding hydrogens is 284 g/mol. The number of nitrogens with zero attached hydrogens (tertiary/aromatic N) is 4. The highest BCUT2D eigenvalue weighted by Gasteiger charge is 2.22. The summed E-state index contributed by atoms with van der Waals surface area (Å²) in [7, 11) is 3.09. The zero-order valence-corrected chi connectivity index (χ0v) is 11.8. The van der Waals surface area contributed by atoms with Gasteiger partial charge in [0.15, 0.2) is 34.5 Å². The van der Waals surface area contributed by atoms with Crippen LogP contribution in [0.4, 0.5) is 23.0 Å². The Hall–Kier alpha value is -3.52. The predicted octanol–water partition coefficient (Wildman–Crippen LogP) is 2.04. The molecule has 1 aliphatic heterocycles. The first kappa shape index (κ1) is 13.5. The maximum Gasteiger partial charge on any atom is 0.179 e. The number of aromatic nitrogens is 2. The minimum atomic E-state index is -0.0283. The number of anilines is 4. The van der Waals surface area contributed by atoms with Gasteiger partial charge in [-0.1, -0.05) is 0 Å². The van der Waals surface area contributed by atoms with E-state index in [2.05, 4.69) is 20.6 Å². The van der Waals surface area contributed by atoms with Crippen LogP contribution in [0.1, 0.15) is 11.4 Å². The molecule has 1 aromatic heterocycles. The van der Waals surface area contributed by atoms with Crippen LogP contribution in [0.25, 0.3) is 0 Å². The number of hydrogen-bond acceptors (Lipinski definition) is 8. The van der Waals surface area contributed by atoms with Crippen LogP contribution in [-0.2, 0) is 0 Å². The largest absolute Gasteiger partial charge is 0.493 e. The van der Waals surface area contributed by atoms with Crippen molar-refractivity contribution in [3.63, 3.8) is 0 Å². The van der Waals surface area contributed by atoms with Gasteiger partial charge in [-0.15, -0.1) is 0 Å². The molecule has 2 aromatic rings. The average molecular weight is 294 g/mol. The Morgan fingerprint density at radius 3 is 1.59 bits per heavy atom. The standard InChI is InChI=1S/C14H10N6O2/c1-21-11-3-7-8(4-12(11)22-2)18-14-13(17-7)19-9(5-15)10(6-16)20-14/h3-4H,1-2H3,(H,17,19)(H,18,20). The van der Waals surface area contributed by atoms with E-state index < -0.39 is 0 Å². The van der Waals surface area contributed by atoms with Gasteiger partial charge in [0.05, 0.1) is 25.6 Å². The van der Waals surface area contributed by atoms with E-state index in [4.69, 9.17) is 20.0 Å². The molecule has 2 N–H and O–H groups in total. The van der Waals surface area contributed by atoms with E-state index in [1.165, 1.54) is 0 Å². The lowest BCUT2D eigenvalue weighted by Crippen LogP contribution is -2.12. The van der Waals surface area contributed by atoms with Gasteiger partial charge >= 0.3 is 0 Å². The van der Waals surface area contributed by atoms with Gasteiger partial charge in [-0.2, -0.15) is 10.5 Å². The van der Waals surface area contributed by atoms with E-state index in [0.717, 1.165) is 0 Å². The van der Waals surface area contributed by atoms with Crippen molar-refractivity contribution < 1.29 is 9.47 Å². The molecular formula is C14H10N6O2. The summed E-state index contributed by atoms with van der Waals surface area (Å²) in [5.74, 6) is 1.85. The first-order valence-electron chi connectivity index (χ1n) is 6.22. The minimum absolute atomic E-state index is 0.0283. The Morgan fingerprint density at radius 2 is 1.27 bits per heavy atom. The number of benzene rings is 1. The van der Waals surface area contributed by atoms with Gasteiger partial charge < -0.3 is 20.1 Å². The first-order chi connectivity index (χ1) is 10.7. The molecule has 22 heavy (non-hydrogen) atoms. The van der Waals surface area contributed by atoms with Crippen LogP contribution < -0.4 is 20.1 Å². The number of nitrogens with one attached hydrogen (secondary N) is 2.